The lowest BCUT2D eigenvalue weighted by atomic mass is 10.6. The van der Waals surface area contributed by atoms with E-state index >= 15 is 0 Å². The van der Waals surface area contributed by atoms with Crippen LogP contribution >= 0.6 is 8.58 Å². The van der Waals surface area contributed by atoms with Crippen LogP contribution in [0.25, 0.3) is 0 Å². The molecule has 1 rings (SSSR count). The summed E-state index contributed by atoms with van der Waals surface area (Å²) in [6.45, 7) is 8.63. The molecular weight excluding hydrogens is 155 g/mol. The molecule has 1 aliphatic rings. The van der Waals surface area contributed by atoms with Gasteiger partial charge in [-0.25, -0.2) is 0 Å². The number of hydrogen-bond donors (Lipinski definition) is 0. The predicted octanol–water partition coefficient (Wildman–Crippen LogP) is 1.61. The summed E-state index contributed by atoms with van der Waals surface area (Å²) >= 11 is 0. The average Bonchev–Trinajstić information content (AvgIpc) is 2.37. The lowest BCUT2D eigenvalue weighted by Gasteiger charge is -2.14. The van der Waals surface area contributed by atoms with Gasteiger partial charge in [-0.15, -0.1) is 8.58 Å². The fraction of sp³-hybridized carbons (Fsp3) is 0.750. The molecule has 1 heterocycles. The van der Waals surface area contributed by atoms with Crippen LogP contribution in [0, 0.1) is 0 Å². The molecule has 0 aliphatic carbocycles. The number of rotatable bonds is 1. The third-order valence-corrected chi connectivity index (χ3v) is 1.34. The molecule has 0 aromatic rings. The molecule has 0 unspecified atom stereocenters. The molecule has 66 valence electrons. The minimum Gasteiger partial charge on any atom is -0.362 e. The van der Waals surface area contributed by atoms with Gasteiger partial charge in [-0.2, -0.15) is 0 Å². The van der Waals surface area contributed by atoms with E-state index in [9.17, 15) is 0 Å². The second-order valence-electron chi connectivity index (χ2n) is 2.60. The number of nitrogens with zero attached hydrogens (tertiary/aromatic N) is 2. The summed E-state index contributed by atoms with van der Waals surface area (Å²) in [5.41, 5.74) is 0. The maximum Gasteiger partial charge on any atom is 0.0890 e. The quantitative estimate of drug-likeness (QED) is 0.557. The molecule has 0 atom stereocenters. The van der Waals surface area contributed by atoms with Crippen molar-refractivity contribution in [2.45, 2.75) is 6.92 Å². The van der Waals surface area contributed by atoms with Crippen molar-refractivity contribution < 1.29 is 0 Å². The first kappa shape index (κ1) is 10.8. The Kier molecular flexibility index (Phi) is 6.34. The van der Waals surface area contributed by atoms with E-state index in [1.807, 2.05) is 0 Å². The molecule has 0 fully saturated rings. The van der Waals surface area contributed by atoms with Gasteiger partial charge in [0, 0.05) is 26.0 Å². The van der Waals surface area contributed by atoms with E-state index in [0.29, 0.717) is 0 Å². The van der Waals surface area contributed by atoms with Gasteiger partial charge in [0.2, 0.25) is 0 Å². The summed E-state index contributed by atoms with van der Waals surface area (Å²) < 4.78 is 0. The third-order valence-electron chi connectivity index (χ3n) is 1.34. The lowest BCUT2D eigenvalue weighted by molar-refractivity contribution is 0.308. The third kappa shape index (κ3) is 5.09. The normalized spacial score (nSPS) is 14.9. The highest BCUT2D eigenvalue weighted by atomic mass is 31.1. The highest BCUT2D eigenvalue weighted by Crippen LogP contribution is 2.00. The standard InChI is InChI=1S/C6H12N2.C2H7P/c1-3-8-5-4-7(2)6-8;1-3-2/h4-5H,3,6H2,1-2H3;3H,1-2H3. The molecule has 1 aliphatic heterocycles. The smallest absolute Gasteiger partial charge is 0.0890 e. The molecule has 0 spiro atoms. The van der Waals surface area contributed by atoms with Crippen molar-refractivity contribution in [3.63, 3.8) is 0 Å². The van der Waals surface area contributed by atoms with Crippen LogP contribution in [0.15, 0.2) is 12.4 Å². The highest BCUT2D eigenvalue weighted by molar-refractivity contribution is 7.35. The molecule has 0 saturated carbocycles. The summed E-state index contributed by atoms with van der Waals surface area (Å²) in [5.74, 6) is 0. The van der Waals surface area contributed by atoms with E-state index in [1.165, 1.54) is 0 Å². The van der Waals surface area contributed by atoms with Gasteiger partial charge in [0.1, 0.15) is 0 Å². The summed E-state index contributed by atoms with van der Waals surface area (Å²) in [7, 11) is 3.16. The van der Waals surface area contributed by atoms with E-state index in [1.54, 1.807) is 0 Å². The van der Waals surface area contributed by atoms with Crippen LogP contribution in [0.5, 0.6) is 0 Å². The second-order valence-corrected chi connectivity index (χ2v) is 3.60. The zero-order chi connectivity index (χ0) is 8.69. The van der Waals surface area contributed by atoms with Crippen LogP contribution < -0.4 is 0 Å². The summed E-state index contributed by atoms with van der Waals surface area (Å²) in [5, 5.41) is 0. The summed E-state index contributed by atoms with van der Waals surface area (Å²) in [6, 6.07) is 0. The molecule has 0 N–H and O–H groups in total. The first-order valence-electron chi connectivity index (χ1n) is 3.95. The second kappa shape index (κ2) is 6.48. The van der Waals surface area contributed by atoms with Crippen molar-refractivity contribution in [2.75, 3.05) is 33.6 Å². The van der Waals surface area contributed by atoms with Gasteiger partial charge < -0.3 is 9.80 Å². The van der Waals surface area contributed by atoms with Crippen molar-refractivity contribution in [2.24, 2.45) is 0 Å². The highest BCUT2D eigenvalue weighted by Gasteiger charge is 2.03. The molecule has 0 amide bonds. The molecule has 0 aromatic carbocycles. The van der Waals surface area contributed by atoms with Crippen molar-refractivity contribution in [1.29, 1.82) is 0 Å². The first-order valence-corrected chi connectivity index (χ1v) is 5.95. The Hall–Kier alpha value is -0.230. The molecule has 0 radical (unpaired) electrons. The fourth-order valence-electron chi connectivity index (χ4n) is 0.794. The Bertz CT molecular complexity index is 115. The fourth-order valence-corrected chi connectivity index (χ4v) is 0.794. The van der Waals surface area contributed by atoms with Gasteiger partial charge in [-0.1, -0.05) is 0 Å². The predicted molar refractivity (Wildman–Crippen MR) is 54.3 cm³/mol. The van der Waals surface area contributed by atoms with E-state index in [-0.39, 0.29) is 0 Å². The van der Waals surface area contributed by atoms with Gasteiger partial charge in [-0.05, 0) is 20.3 Å². The van der Waals surface area contributed by atoms with Crippen LogP contribution in [0.1, 0.15) is 6.92 Å². The number of hydrogen-bond acceptors (Lipinski definition) is 2. The van der Waals surface area contributed by atoms with Crippen molar-refractivity contribution >= 4 is 8.58 Å². The average molecular weight is 174 g/mol. The van der Waals surface area contributed by atoms with Gasteiger partial charge in [0.25, 0.3) is 0 Å². The van der Waals surface area contributed by atoms with Gasteiger partial charge in [0.15, 0.2) is 0 Å². The lowest BCUT2D eigenvalue weighted by Crippen LogP contribution is -2.21. The van der Waals surface area contributed by atoms with Crippen LogP contribution in [-0.4, -0.2) is 43.4 Å². The van der Waals surface area contributed by atoms with Gasteiger partial charge in [-0.3, -0.25) is 0 Å². The maximum absolute atomic E-state index is 2.25. The van der Waals surface area contributed by atoms with Crippen LogP contribution in [-0.2, 0) is 0 Å². The first-order chi connectivity index (χ1) is 5.24. The largest absolute Gasteiger partial charge is 0.362 e. The Labute approximate surface area is 72.0 Å². The zero-order valence-corrected chi connectivity index (χ0v) is 8.96. The molecular formula is C8H19N2P. The van der Waals surface area contributed by atoms with E-state index in [0.717, 1.165) is 21.8 Å². The van der Waals surface area contributed by atoms with Crippen LogP contribution in [0.2, 0.25) is 0 Å². The molecule has 11 heavy (non-hydrogen) atoms. The minimum absolute atomic E-state index is 1.05. The molecule has 0 aromatic heterocycles. The molecule has 0 saturated heterocycles. The van der Waals surface area contributed by atoms with Crippen molar-refractivity contribution in [3.8, 4) is 0 Å². The van der Waals surface area contributed by atoms with Crippen LogP contribution in [0.4, 0.5) is 0 Å². The molecule has 0 bridgehead atoms. The SMILES string of the molecule is CCN1C=CN(C)C1.CPC. The topological polar surface area (TPSA) is 6.48 Å². The van der Waals surface area contributed by atoms with Crippen LogP contribution in [0.3, 0.4) is 0 Å². The van der Waals surface area contributed by atoms with Crippen molar-refractivity contribution in [1.82, 2.24) is 9.80 Å². The molecule has 3 heteroatoms. The molecule has 2 nitrogen and oxygen atoms in total. The van der Waals surface area contributed by atoms with Crippen molar-refractivity contribution in [3.05, 3.63) is 12.4 Å². The van der Waals surface area contributed by atoms with E-state index in [2.05, 4.69) is 49.5 Å². The van der Waals surface area contributed by atoms with E-state index < -0.39 is 0 Å². The van der Waals surface area contributed by atoms with Gasteiger partial charge >= 0.3 is 0 Å². The summed E-state index contributed by atoms with van der Waals surface area (Å²) in [6.07, 6.45) is 4.20. The Morgan fingerprint density at radius 3 is 2.09 bits per heavy atom. The zero-order valence-electron chi connectivity index (χ0n) is 7.96. The maximum atomic E-state index is 2.25. The summed E-state index contributed by atoms with van der Waals surface area (Å²) in [4.78, 5) is 4.41. The Morgan fingerprint density at radius 2 is 1.91 bits per heavy atom. The Morgan fingerprint density at radius 1 is 1.36 bits per heavy atom. The monoisotopic (exact) mass is 174 g/mol. The Balaban J connectivity index is 0.000000292. The van der Waals surface area contributed by atoms with Gasteiger partial charge in [0.05, 0.1) is 6.67 Å². The van der Waals surface area contributed by atoms with E-state index in [4.69, 9.17) is 0 Å². The minimum atomic E-state index is 1.05.